The van der Waals surface area contributed by atoms with Crippen LogP contribution in [0.3, 0.4) is 0 Å². The van der Waals surface area contributed by atoms with E-state index < -0.39 is 0 Å². The Morgan fingerprint density at radius 2 is 1.39 bits per heavy atom. The molecule has 0 unspecified atom stereocenters. The van der Waals surface area contributed by atoms with Crippen molar-refractivity contribution in [3.05, 3.63) is 95.6 Å². The van der Waals surface area contributed by atoms with Crippen molar-refractivity contribution in [2.24, 2.45) is 0 Å². The maximum atomic E-state index is 12.6. The fourth-order valence-corrected chi connectivity index (χ4v) is 3.23. The molecule has 31 heavy (non-hydrogen) atoms. The van der Waals surface area contributed by atoms with Crippen LogP contribution >= 0.6 is 0 Å². The predicted octanol–water partition coefficient (Wildman–Crippen LogP) is 4.86. The molecule has 0 aliphatic rings. The standard InChI is InChI=1S/C26H29N3O2/c1-26(2,3)29-25(31)21-14-8-10-16-23(21)27-18-24(30)28-22-15-9-7-13-20(22)17-19-11-5-4-6-12-19/h4-16,27H,17-18H2,1-3H3,(H,28,30)(H,29,31). The van der Waals surface area contributed by atoms with E-state index in [0.717, 1.165) is 17.7 Å². The number of carbonyl (C=O) groups is 2. The Kier molecular flexibility index (Phi) is 7.08. The lowest BCUT2D eigenvalue weighted by molar-refractivity contribution is -0.114. The monoisotopic (exact) mass is 415 g/mol. The van der Waals surface area contributed by atoms with Crippen molar-refractivity contribution in [1.82, 2.24) is 5.32 Å². The Morgan fingerprint density at radius 3 is 2.10 bits per heavy atom. The summed E-state index contributed by atoms with van der Waals surface area (Å²) in [6, 6.07) is 25.1. The van der Waals surface area contributed by atoms with Crippen LogP contribution in [0.2, 0.25) is 0 Å². The molecular weight excluding hydrogens is 386 g/mol. The third kappa shape index (κ3) is 6.71. The molecule has 5 nitrogen and oxygen atoms in total. The molecule has 3 aromatic rings. The third-order valence-electron chi connectivity index (χ3n) is 4.63. The molecule has 3 aromatic carbocycles. The van der Waals surface area contributed by atoms with Crippen LogP contribution in [0.1, 0.15) is 42.3 Å². The first-order valence-electron chi connectivity index (χ1n) is 10.4. The van der Waals surface area contributed by atoms with Gasteiger partial charge < -0.3 is 16.0 Å². The predicted molar refractivity (Wildman–Crippen MR) is 126 cm³/mol. The molecule has 0 atom stereocenters. The van der Waals surface area contributed by atoms with Crippen LogP contribution in [0, 0.1) is 0 Å². The first kappa shape index (κ1) is 22.1. The van der Waals surface area contributed by atoms with Gasteiger partial charge in [0.25, 0.3) is 5.91 Å². The highest BCUT2D eigenvalue weighted by Crippen LogP contribution is 2.20. The molecular formula is C26H29N3O2. The van der Waals surface area contributed by atoms with Gasteiger partial charge in [-0.15, -0.1) is 0 Å². The highest BCUT2D eigenvalue weighted by molar-refractivity contribution is 6.01. The van der Waals surface area contributed by atoms with Gasteiger partial charge in [0, 0.05) is 16.9 Å². The largest absolute Gasteiger partial charge is 0.376 e. The van der Waals surface area contributed by atoms with Crippen molar-refractivity contribution in [3.63, 3.8) is 0 Å². The second-order valence-electron chi connectivity index (χ2n) is 8.47. The number of amides is 2. The Labute approximate surface area is 183 Å². The summed E-state index contributed by atoms with van der Waals surface area (Å²) < 4.78 is 0. The van der Waals surface area contributed by atoms with E-state index in [4.69, 9.17) is 0 Å². The van der Waals surface area contributed by atoms with Crippen molar-refractivity contribution in [3.8, 4) is 0 Å². The maximum absolute atomic E-state index is 12.6. The molecule has 3 rings (SSSR count). The lowest BCUT2D eigenvalue weighted by Gasteiger charge is -2.21. The van der Waals surface area contributed by atoms with Gasteiger partial charge in [-0.25, -0.2) is 0 Å². The van der Waals surface area contributed by atoms with E-state index in [1.807, 2.05) is 75.4 Å². The summed E-state index contributed by atoms with van der Waals surface area (Å²) in [5.74, 6) is -0.351. The zero-order chi connectivity index (χ0) is 22.3. The number of rotatable bonds is 7. The molecule has 2 amide bonds. The topological polar surface area (TPSA) is 70.2 Å². The number of para-hydroxylation sites is 2. The van der Waals surface area contributed by atoms with Gasteiger partial charge in [-0.3, -0.25) is 9.59 Å². The van der Waals surface area contributed by atoms with Crippen molar-refractivity contribution in [2.75, 3.05) is 17.2 Å². The maximum Gasteiger partial charge on any atom is 0.253 e. The molecule has 3 N–H and O–H groups in total. The molecule has 0 bridgehead atoms. The summed E-state index contributed by atoms with van der Waals surface area (Å²) in [4.78, 5) is 25.2. The fraction of sp³-hybridized carbons (Fsp3) is 0.231. The lowest BCUT2D eigenvalue weighted by Crippen LogP contribution is -2.40. The first-order valence-corrected chi connectivity index (χ1v) is 10.4. The van der Waals surface area contributed by atoms with Gasteiger partial charge in [0.2, 0.25) is 5.91 Å². The molecule has 0 aromatic heterocycles. The van der Waals surface area contributed by atoms with E-state index in [-0.39, 0.29) is 23.9 Å². The van der Waals surface area contributed by atoms with Crippen molar-refractivity contribution < 1.29 is 9.59 Å². The zero-order valence-electron chi connectivity index (χ0n) is 18.2. The molecule has 0 spiro atoms. The van der Waals surface area contributed by atoms with Crippen LogP contribution < -0.4 is 16.0 Å². The fourth-order valence-electron chi connectivity index (χ4n) is 3.23. The Balaban J connectivity index is 1.65. The molecule has 5 heteroatoms. The molecule has 0 saturated heterocycles. The quantitative estimate of drug-likeness (QED) is 0.516. The van der Waals surface area contributed by atoms with E-state index >= 15 is 0 Å². The summed E-state index contributed by atoms with van der Waals surface area (Å²) in [5.41, 5.74) is 3.81. The number of anilines is 2. The summed E-state index contributed by atoms with van der Waals surface area (Å²) >= 11 is 0. The molecule has 0 aliphatic carbocycles. The molecule has 0 saturated carbocycles. The molecule has 160 valence electrons. The second-order valence-corrected chi connectivity index (χ2v) is 8.47. The average molecular weight is 416 g/mol. The minimum absolute atomic E-state index is 0.0550. The van der Waals surface area contributed by atoms with E-state index in [0.29, 0.717) is 11.3 Å². The highest BCUT2D eigenvalue weighted by atomic mass is 16.2. The smallest absolute Gasteiger partial charge is 0.253 e. The molecule has 0 fully saturated rings. The summed E-state index contributed by atoms with van der Waals surface area (Å²) in [7, 11) is 0. The van der Waals surface area contributed by atoms with Gasteiger partial charge >= 0.3 is 0 Å². The summed E-state index contributed by atoms with van der Waals surface area (Å²) in [6.45, 7) is 5.85. The number of hydrogen-bond acceptors (Lipinski definition) is 3. The van der Waals surface area contributed by atoms with Gasteiger partial charge in [-0.1, -0.05) is 60.7 Å². The normalized spacial score (nSPS) is 10.9. The van der Waals surface area contributed by atoms with E-state index in [2.05, 4.69) is 28.1 Å². The van der Waals surface area contributed by atoms with Crippen LogP contribution in [0.15, 0.2) is 78.9 Å². The van der Waals surface area contributed by atoms with E-state index in [1.54, 1.807) is 12.1 Å². The SMILES string of the molecule is CC(C)(C)NC(=O)c1ccccc1NCC(=O)Nc1ccccc1Cc1ccccc1. The molecule has 0 radical (unpaired) electrons. The highest BCUT2D eigenvalue weighted by Gasteiger charge is 2.18. The number of carbonyl (C=O) groups excluding carboxylic acids is 2. The first-order chi connectivity index (χ1) is 14.8. The summed E-state index contributed by atoms with van der Waals surface area (Å²) in [5, 5.41) is 9.04. The molecule has 0 aliphatic heterocycles. The van der Waals surface area contributed by atoms with Crippen LogP contribution in [0.4, 0.5) is 11.4 Å². The van der Waals surface area contributed by atoms with E-state index in [1.165, 1.54) is 5.56 Å². The van der Waals surface area contributed by atoms with Gasteiger partial charge in [0.1, 0.15) is 0 Å². The Morgan fingerprint density at radius 1 is 0.774 bits per heavy atom. The van der Waals surface area contributed by atoms with Crippen molar-refractivity contribution >= 4 is 23.2 Å². The van der Waals surface area contributed by atoms with Gasteiger partial charge in [-0.05, 0) is 56.5 Å². The van der Waals surface area contributed by atoms with Gasteiger partial charge in [0.15, 0.2) is 0 Å². The Bertz CT molecular complexity index is 1040. The van der Waals surface area contributed by atoms with Crippen LogP contribution in [-0.4, -0.2) is 23.9 Å². The van der Waals surface area contributed by atoms with Crippen LogP contribution in [0.25, 0.3) is 0 Å². The zero-order valence-corrected chi connectivity index (χ0v) is 18.2. The number of benzene rings is 3. The van der Waals surface area contributed by atoms with Crippen LogP contribution in [-0.2, 0) is 11.2 Å². The third-order valence-corrected chi connectivity index (χ3v) is 4.63. The number of hydrogen-bond donors (Lipinski definition) is 3. The number of nitrogens with one attached hydrogen (secondary N) is 3. The minimum Gasteiger partial charge on any atom is -0.376 e. The Hall–Kier alpha value is -3.60. The van der Waals surface area contributed by atoms with Gasteiger partial charge in [0.05, 0.1) is 12.1 Å². The molecule has 0 heterocycles. The minimum atomic E-state index is -0.343. The second kappa shape index (κ2) is 9.94. The van der Waals surface area contributed by atoms with Gasteiger partial charge in [-0.2, -0.15) is 0 Å². The van der Waals surface area contributed by atoms with Crippen LogP contribution in [0.5, 0.6) is 0 Å². The lowest BCUT2D eigenvalue weighted by atomic mass is 10.0. The average Bonchev–Trinajstić information content (AvgIpc) is 2.73. The van der Waals surface area contributed by atoms with Crippen molar-refractivity contribution in [2.45, 2.75) is 32.7 Å². The van der Waals surface area contributed by atoms with E-state index in [9.17, 15) is 9.59 Å². The van der Waals surface area contributed by atoms with Crippen molar-refractivity contribution in [1.29, 1.82) is 0 Å². The summed E-state index contributed by atoms with van der Waals surface area (Å²) in [6.07, 6.45) is 0.737.